The van der Waals surface area contributed by atoms with E-state index in [1.54, 1.807) is 22.7 Å². The van der Waals surface area contributed by atoms with Crippen molar-refractivity contribution in [1.29, 1.82) is 5.26 Å². The SMILES string of the molecule is CCOC(=O)N1CCc2c(sc(NC(=O)CCn3nccc3C)c2C#N)C1. The van der Waals surface area contributed by atoms with E-state index < -0.39 is 0 Å². The molecule has 0 saturated carbocycles. The third-order valence-corrected chi connectivity index (χ3v) is 5.56. The van der Waals surface area contributed by atoms with Crippen molar-refractivity contribution in [3.8, 4) is 6.07 Å². The Morgan fingerprint density at radius 1 is 1.48 bits per heavy atom. The highest BCUT2D eigenvalue weighted by molar-refractivity contribution is 7.16. The van der Waals surface area contributed by atoms with Crippen LogP contribution in [0.15, 0.2) is 12.3 Å². The molecule has 2 aromatic rings. The maximum absolute atomic E-state index is 12.3. The predicted molar refractivity (Wildman–Crippen MR) is 100 cm³/mol. The minimum absolute atomic E-state index is 0.165. The number of hydrogen-bond donors (Lipinski definition) is 1. The number of anilines is 1. The zero-order valence-electron chi connectivity index (χ0n) is 15.3. The molecule has 2 aromatic heterocycles. The Bertz CT molecular complexity index is 895. The molecule has 0 aromatic carbocycles. The summed E-state index contributed by atoms with van der Waals surface area (Å²) in [5.41, 5.74) is 2.41. The summed E-state index contributed by atoms with van der Waals surface area (Å²) in [6.45, 7) is 5.41. The first-order valence-corrected chi connectivity index (χ1v) is 9.59. The standard InChI is InChI=1S/C18H21N5O3S/c1-3-26-18(25)22-8-5-13-14(10-19)17(27-15(13)11-22)21-16(24)6-9-23-12(2)4-7-20-23/h4,7H,3,5-6,8-9,11H2,1-2H3,(H,21,24). The summed E-state index contributed by atoms with van der Waals surface area (Å²) >= 11 is 1.35. The second kappa shape index (κ2) is 8.22. The quantitative estimate of drug-likeness (QED) is 0.850. The van der Waals surface area contributed by atoms with Gasteiger partial charge in [0, 0.05) is 36.3 Å². The van der Waals surface area contributed by atoms with Gasteiger partial charge >= 0.3 is 6.09 Å². The van der Waals surface area contributed by atoms with E-state index in [-0.39, 0.29) is 18.4 Å². The molecule has 1 aliphatic rings. The molecule has 1 N–H and O–H groups in total. The van der Waals surface area contributed by atoms with E-state index in [2.05, 4.69) is 16.5 Å². The minimum atomic E-state index is -0.352. The van der Waals surface area contributed by atoms with Crippen molar-refractivity contribution in [2.75, 3.05) is 18.5 Å². The molecule has 27 heavy (non-hydrogen) atoms. The number of rotatable bonds is 5. The van der Waals surface area contributed by atoms with Crippen molar-refractivity contribution in [3.63, 3.8) is 0 Å². The van der Waals surface area contributed by atoms with Crippen LogP contribution in [0.2, 0.25) is 0 Å². The smallest absolute Gasteiger partial charge is 0.410 e. The third-order valence-electron chi connectivity index (χ3n) is 4.43. The van der Waals surface area contributed by atoms with E-state index in [4.69, 9.17) is 4.74 Å². The van der Waals surface area contributed by atoms with E-state index in [0.29, 0.717) is 43.2 Å². The average Bonchev–Trinajstić information content (AvgIpc) is 3.21. The summed E-state index contributed by atoms with van der Waals surface area (Å²) in [6.07, 6.45) is 2.19. The summed E-state index contributed by atoms with van der Waals surface area (Å²) in [5, 5.41) is 17.1. The number of aromatic nitrogens is 2. The fraction of sp³-hybridized carbons (Fsp3) is 0.444. The molecule has 0 saturated heterocycles. The highest BCUT2D eigenvalue weighted by atomic mass is 32.1. The fourth-order valence-electron chi connectivity index (χ4n) is 3.01. The number of carbonyl (C=O) groups is 2. The van der Waals surface area contributed by atoms with Crippen LogP contribution in [0.1, 0.15) is 35.0 Å². The first kappa shape index (κ1) is 18.9. The number of nitrogens with one attached hydrogen (secondary N) is 1. The molecule has 0 bridgehead atoms. The van der Waals surface area contributed by atoms with Crippen LogP contribution >= 0.6 is 11.3 Å². The van der Waals surface area contributed by atoms with Crippen molar-refractivity contribution >= 4 is 28.3 Å². The molecule has 0 aliphatic carbocycles. The number of amides is 2. The third kappa shape index (κ3) is 4.11. The number of hydrogen-bond acceptors (Lipinski definition) is 6. The molecule has 0 fully saturated rings. The molecule has 1 aliphatic heterocycles. The Morgan fingerprint density at radius 2 is 2.30 bits per heavy atom. The summed E-state index contributed by atoms with van der Waals surface area (Å²) in [6, 6.07) is 4.08. The van der Waals surface area contributed by atoms with E-state index >= 15 is 0 Å². The molecule has 0 radical (unpaired) electrons. The lowest BCUT2D eigenvalue weighted by molar-refractivity contribution is -0.116. The van der Waals surface area contributed by atoms with E-state index in [1.165, 1.54) is 11.3 Å². The van der Waals surface area contributed by atoms with Gasteiger partial charge in [0.1, 0.15) is 11.1 Å². The zero-order chi connectivity index (χ0) is 19.4. The number of thiophene rings is 1. The lowest BCUT2D eigenvalue weighted by atomic mass is 10.0. The van der Waals surface area contributed by atoms with Crippen LogP contribution in [-0.2, 0) is 29.0 Å². The average molecular weight is 387 g/mol. The van der Waals surface area contributed by atoms with Gasteiger partial charge in [0.15, 0.2) is 0 Å². The van der Waals surface area contributed by atoms with Gasteiger partial charge < -0.3 is 15.0 Å². The Balaban J connectivity index is 1.68. The van der Waals surface area contributed by atoms with Gasteiger partial charge in [-0.1, -0.05) is 0 Å². The lowest BCUT2D eigenvalue weighted by Crippen LogP contribution is -2.35. The molecular formula is C18H21N5O3S. The van der Waals surface area contributed by atoms with Gasteiger partial charge in [0.05, 0.1) is 18.7 Å². The first-order valence-electron chi connectivity index (χ1n) is 8.78. The van der Waals surface area contributed by atoms with Crippen LogP contribution in [0.25, 0.3) is 0 Å². The van der Waals surface area contributed by atoms with Crippen LogP contribution in [-0.4, -0.2) is 39.8 Å². The number of nitrogens with zero attached hydrogens (tertiary/aromatic N) is 4. The summed E-state index contributed by atoms with van der Waals surface area (Å²) in [7, 11) is 0. The van der Waals surface area contributed by atoms with Crippen LogP contribution in [0.3, 0.4) is 0 Å². The van der Waals surface area contributed by atoms with Crippen LogP contribution in [0, 0.1) is 18.3 Å². The molecular weight excluding hydrogens is 366 g/mol. The second-order valence-corrected chi connectivity index (χ2v) is 7.29. The van der Waals surface area contributed by atoms with Gasteiger partial charge in [-0.3, -0.25) is 9.48 Å². The lowest BCUT2D eigenvalue weighted by Gasteiger charge is -2.25. The normalized spacial score (nSPS) is 13.0. The van der Waals surface area contributed by atoms with Gasteiger partial charge in [-0.2, -0.15) is 10.4 Å². The Kier molecular flexibility index (Phi) is 5.76. The van der Waals surface area contributed by atoms with Gasteiger partial charge in [0.2, 0.25) is 5.91 Å². The maximum Gasteiger partial charge on any atom is 0.410 e. The van der Waals surface area contributed by atoms with E-state index in [0.717, 1.165) is 16.1 Å². The van der Waals surface area contributed by atoms with Gasteiger partial charge in [0.25, 0.3) is 0 Å². The number of fused-ring (bicyclic) bond motifs is 1. The van der Waals surface area contributed by atoms with Gasteiger partial charge in [-0.15, -0.1) is 11.3 Å². The monoisotopic (exact) mass is 387 g/mol. The molecule has 3 rings (SSSR count). The molecule has 8 nitrogen and oxygen atoms in total. The molecule has 3 heterocycles. The summed E-state index contributed by atoms with van der Waals surface area (Å²) < 4.78 is 6.82. The Labute approximate surface area is 161 Å². The highest BCUT2D eigenvalue weighted by Crippen LogP contribution is 2.36. The highest BCUT2D eigenvalue weighted by Gasteiger charge is 2.28. The number of aryl methyl sites for hydroxylation is 2. The van der Waals surface area contributed by atoms with Crippen molar-refractivity contribution in [2.24, 2.45) is 0 Å². The zero-order valence-corrected chi connectivity index (χ0v) is 16.1. The predicted octanol–water partition coefficient (Wildman–Crippen LogP) is 2.67. The van der Waals surface area contributed by atoms with Crippen molar-refractivity contribution in [3.05, 3.63) is 34.0 Å². The van der Waals surface area contributed by atoms with Crippen LogP contribution < -0.4 is 5.32 Å². The minimum Gasteiger partial charge on any atom is -0.450 e. The first-order chi connectivity index (χ1) is 13.0. The van der Waals surface area contributed by atoms with Gasteiger partial charge in [-0.05, 0) is 31.9 Å². The number of carbonyl (C=O) groups excluding carboxylic acids is 2. The van der Waals surface area contributed by atoms with Crippen LogP contribution in [0.4, 0.5) is 9.80 Å². The van der Waals surface area contributed by atoms with Crippen molar-refractivity contribution in [2.45, 2.75) is 39.8 Å². The summed E-state index contributed by atoms with van der Waals surface area (Å²) in [5.74, 6) is -0.165. The maximum atomic E-state index is 12.3. The van der Waals surface area contributed by atoms with Crippen LogP contribution in [0.5, 0.6) is 0 Å². The van der Waals surface area contributed by atoms with Gasteiger partial charge in [-0.25, -0.2) is 4.79 Å². The molecule has 0 unspecified atom stereocenters. The Hall–Kier alpha value is -2.86. The molecule has 0 spiro atoms. The molecule has 9 heteroatoms. The summed E-state index contributed by atoms with van der Waals surface area (Å²) in [4.78, 5) is 26.8. The van der Waals surface area contributed by atoms with E-state index in [9.17, 15) is 14.9 Å². The second-order valence-electron chi connectivity index (χ2n) is 6.18. The number of nitriles is 1. The number of ether oxygens (including phenoxy) is 1. The fourth-order valence-corrected chi connectivity index (χ4v) is 4.24. The largest absolute Gasteiger partial charge is 0.450 e. The molecule has 142 valence electrons. The topological polar surface area (TPSA) is 100 Å². The van der Waals surface area contributed by atoms with Crippen molar-refractivity contribution < 1.29 is 14.3 Å². The van der Waals surface area contributed by atoms with E-state index in [1.807, 2.05) is 13.0 Å². The molecule has 0 atom stereocenters. The molecule has 2 amide bonds. The Morgan fingerprint density at radius 3 is 2.96 bits per heavy atom. The van der Waals surface area contributed by atoms with Crippen molar-refractivity contribution in [1.82, 2.24) is 14.7 Å².